The normalized spacial score (nSPS) is 38.0. The lowest BCUT2D eigenvalue weighted by Gasteiger charge is -2.33. The molecule has 2 aliphatic heterocycles. The fourth-order valence-electron chi connectivity index (χ4n) is 1.89. The molecule has 2 nitrogen and oxygen atoms in total. The smallest absolute Gasteiger partial charge is 0.111 e. The molecule has 1 N–H and O–H groups in total. The zero-order valence-corrected chi connectivity index (χ0v) is 8.24. The highest BCUT2D eigenvalue weighted by Crippen LogP contribution is 2.26. The maximum atomic E-state index is 5.69. The van der Waals surface area contributed by atoms with Gasteiger partial charge in [0.2, 0.25) is 0 Å². The van der Waals surface area contributed by atoms with Crippen molar-refractivity contribution in [3.8, 4) is 0 Å². The van der Waals surface area contributed by atoms with Crippen molar-refractivity contribution < 1.29 is 4.74 Å². The van der Waals surface area contributed by atoms with E-state index < -0.39 is 0 Å². The average molecular weight is 187 g/mol. The predicted molar refractivity (Wildman–Crippen MR) is 52.4 cm³/mol. The van der Waals surface area contributed by atoms with Crippen LogP contribution in [0.2, 0.25) is 0 Å². The lowest BCUT2D eigenvalue weighted by Crippen LogP contribution is -2.45. The zero-order valence-electron chi connectivity index (χ0n) is 7.42. The van der Waals surface area contributed by atoms with Gasteiger partial charge in [0.25, 0.3) is 0 Å². The summed E-state index contributed by atoms with van der Waals surface area (Å²) in [5.41, 5.74) is 0. The molecule has 0 aliphatic carbocycles. The summed E-state index contributed by atoms with van der Waals surface area (Å²) in [4.78, 5) is 0. The van der Waals surface area contributed by atoms with Gasteiger partial charge < -0.3 is 4.74 Å². The van der Waals surface area contributed by atoms with Gasteiger partial charge in [-0.3, -0.25) is 5.32 Å². The Kier molecular flexibility index (Phi) is 3.31. The molecule has 0 saturated carbocycles. The summed E-state index contributed by atoms with van der Waals surface area (Å²) in [5.74, 6) is 3.41. The van der Waals surface area contributed by atoms with Gasteiger partial charge in [0.05, 0.1) is 0 Å². The van der Waals surface area contributed by atoms with Gasteiger partial charge in [-0.1, -0.05) is 0 Å². The number of thioether (sulfide) groups is 1. The van der Waals surface area contributed by atoms with Gasteiger partial charge in [0.1, 0.15) is 6.23 Å². The van der Waals surface area contributed by atoms with Crippen LogP contribution in [-0.4, -0.2) is 30.9 Å². The molecule has 0 spiro atoms. The third kappa shape index (κ3) is 2.15. The third-order valence-electron chi connectivity index (χ3n) is 2.59. The maximum absolute atomic E-state index is 5.69. The lowest BCUT2D eigenvalue weighted by molar-refractivity contribution is -0.0325. The van der Waals surface area contributed by atoms with Crippen LogP contribution in [0.3, 0.4) is 0 Å². The van der Waals surface area contributed by atoms with Crippen LogP contribution < -0.4 is 5.32 Å². The molecule has 3 heteroatoms. The van der Waals surface area contributed by atoms with Crippen LogP contribution in [0.15, 0.2) is 0 Å². The van der Waals surface area contributed by atoms with Crippen LogP contribution in [0.5, 0.6) is 0 Å². The second-order valence-electron chi connectivity index (χ2n) is 3.58. The van der Waals surface area contributed by atoms with Crippen LogP contribution in [-0.2, 0) is 4.74 Å². The van der Waals surface area contributed by atoms with E-state index in [0.29, 0.717) is 6.23 Å². The summed E-state index contributed by atoms with van der Waals surface area (Å²) in [5, 5.41) is 3.45. The van der Waals surface area contributed by atoms with Gasteiger partial charge in [-0.15, -0.1) is 0 Å². The highest BCUT2D eigenvalue weighted by molar-refractivity contribution is 7.99. The van der Waals surface area contributed by atoms with Gasteiger partial charge in [-0.2, -0.15) is 11.8 Å². The average Bonchev–Trinajstić information content (AvgIpc) is 2.21. The number of hydrogen-bond donors (Lipinski definition) is 1. The van der Waals surface area contributed by atoms with E-state index in [2.05, 4.69) is 17.1 Å². The molecular weight excluding hydrogens is 170 g/mol. The Balaban J connectivity index is 1.80. The Morgan fingerprint density at radius 1 is 1.33 bits per heavy atom. The topological polar surface area (TPSA) is 21.3 Å². The zero-order chi connectivity index (χ0) is 8.23. The first-order valence-corrected chi connectivity index (χ1v) is 6.05. The second kappa shape index (κ2) is 4.49. The second-order valence-corrected chi connectivity index (χ2v) is 4.73. The minimum absolute atomic E-state index is 0.367. The van der Waals surface area contributed by atoms with E-state index in [1.807, 2.05) is 0 Å². The Morgan fingerprint density at radius 3 is 3.00 bits per heavy atom. The molecule has 12 heavy (non-hydrogen) atoms. The standard InChI is InChI=1S/C9H17NOS/c1-3-8(7-12-6-1)9-10-4-2-5-11-9/h8-10H,1-7H2. The van der Waals surface area contributed by atoms with Crippen molar-refractivity contribution in [2.24, 2.45) is 5.92 Å². The first-order valence-electron chi connectivity index (χ1n) is 4.89. The predicted octanol–water partition coefficient (Wildman–Crippen LogP) is 1.47. The molecule has 2 aliphatic rings. The molecule has 2 saturated heterocycles. The Morgan fingerprint density at radius 2 is 2.33 bits per heavy atom. The summed E-state index contributed by atoms with van der Waals surface area (Å²) < 4.78 is 5.69. The van der Waals surface area contributed by atoms with E-state index in [1.165, 1.54) is 30.8 Å². The van der Waals surface area contributed by atoms with Gasteiger partial charge in [-0.05, 0) is 37.3 Å². The van der Waals surface area contributed by atoms with E-state index >= 15 is 0 Å². The first kappa shape index (κ1) is 8.85. The molecule has 2 rings (SSSR count). The third-order valence-corrected chi connectivity index (χ3v) is 3.83. The van der Waals surface area contributed by atoms with E-state index in [-0.39, 0.29) is 0 Å². The SMILES string of the molecule is C1CNC(C2CCCSC2)OC1. The monoisotopic (exact) mass is 187 g/mol. The summed E-state index contributed by atoms with van der Waals surface area (Å²) in [6.45, 7) is 2.10. The van der Waals surface area contributed by atoms with Crippen molar-refractivity contribution in [3.05, 3.63) is 0 Å². The Bertz CT molecular complexity index is 114. The molecule has 70 valence electrons. The minimum atomic E-state index is 0.367. The van der Waals surface area contributed by atoms with Crippen LogP contribution in [0.25, 0.3) is 0 Å². The quantitative estimate of drug-likeness (QED) is 0.671. The molecule has 2 fully saturated rings. The molecular formula is C9H17NOS. The molecule has 2 heterocycles. The van der Waals surface area contributed by atoms with Gasteiger partial charge in [-0.25, -0.2) is 0 Å². The highest BCUT2D eigenvalue weighted by Gasteiger charge is 2.25. The molecule has 2 atom stereocenters. The van der Waals surface area contributed by atoms with Crippen LogP contribution in [0, 0.1) is 5.92 Å². The van der Waals surface area contributed by atoms with Crippen LogP contribution in [0.4, 0.5) is 0 Å². The molecule has 2 unspecified atom stereocenters. The van der Waals surface area contributed by atoms with E-state index in [4.69, 9.17) is 4.74 Å². The van der Waals surface area contributed by atoms with Crippen molar-refractivity contribution in [3.63, 3.8) is 0 Å². The van der Waals surface area contributed by atoms with Crippen molar-refractivity contribution >= 4 is 11.8 Å². The lowest BCUT2D eigenvalue weighted by atomic mass is 10.0. The number of ether oxygens (including phenoxy) is 1. The van der Waals surface area contributed by atoms with E-state index in [0.717, 1.165) is 19.1 Å². The largest absolute Gasteiger partial charge is 0.363 e. The Hall–Kier alpha value is 0.270. The molecule has 0 aromatic heterocycles. The molecule has 0 aromatic carbocycles. The maximum Gasteiger partial charge on any atom is 0.111 e. The summed E-state index contributed by atoms with van der Waals surface area (Å²) >= 11 is 2.08. The minimum Gasteiger partial charge on any atom is -0.363 e. The molecule has 0 amide bonds. The fraction of sp³-hybridized carbons (Fsp3) is 1.00. The molecule has 0 bridgehead atoms. The first-order chi connectivity index (χ1) is 5.97. The fourth-order valence-corrected chi connectivity index (χ4v) is 3.07. The van der Waals surface area contributed by atoms with Crippen molar-refractivity contribution in [1.82, 2.24) is 5.32 Å². The number of nitrogens with one attached hydrogen (secondary N) is 1. The van der Waals surface area contributed by atoms with Gasteiger partial charge in [0, 0.05) is 12.5 Å². The Labute approximate surface area is 78.4 Å². The van der Waals surface area contributed by atoms with Gasteiger partial charge in [0.15, 0.2) is 0 Å². The summed E-state index contributed by atoms with van der Waals surface area (Å²) in [7, 11) is 0. The van der Waals surface area contributed by atoms with E-state index in [9.17, 15) is 0 Å². The van der Waals surface area contributed by atoms with Crippen molar-refractivity contribution in [2.75, 3.05) is 24.7 Å². The van der Waals surface area contributed by atoms with Crippen molar-refractivity contribution in [2.45, 2.75) is 25.5 Å². The number of rotatable bonds is 1. The number of hydrogen-bond acceptors (Lipinski definition) is 3. The summed E-state index contributed by atoms with van der Waals surface area (Å²) in [6, 6.07) is 0. The van der Waals surface area contributed by atoms with Crippen LogP contribution >= 0.6 is 11.8 Å². The highest BCUT2D eigenvalue weighted by atomic mass is 32.2. The molecule has 0 radical (unpaired) electrons. The van der Waals surface area contributed by atoms with Crippen LogP contribution in [0.1, 0.15) is 19.3 Å². The molecule has 0 aromatic rings. The van der Waals surface area contributed by atoms with Gasteiger partial charge >= 0.3 is 0 Å². The van der Waals surface area contributed by atoms with Crippen molar-refractivity contribution in [1.29, 1.82) is 0 Å². The summed E-state index contributed by atoms with van der Waals surface area (Å²) in [6.07, 6.45) is 4.27. The van der Waals surface area contributed by atoms with E-state index in [1.54, 1.807) is 0 Å².